The molecule has 32 heavy (non-hydrogen) atoms. The van der Waals surface area contributed by atoms with E-state index in [1.807, 2.05) is 22.0 Å². The lowest BCUT2D eigenvalue weighted by Crippen LogP contribution is -2.30. The second-order valence-corrected chi connectivity index (χ2v) is 9.65. The third-order valence-electron chi connectivity index (χ3n) is 4.85. The zero-order valence-electron chi connectivity index (χ0n) is 17.6. The maximum Gasteiger partial charge on any atom is 0.264 e. The number of ether oxygens (including phenoxy) is 1. The number of carbonyl (C=O) groups excluding carboxylic acids is 1. The van der Waals surface area contributed by atoms with Crippen LogP contribution in [0.15, 0.2) is 71.2 Å². The predicted octanol–water partition coefficient (Wildman–Crippen LogP) is 3.80. The van der Waals surface area contributed by atoms with Gasteiger partial charge in [0.1, 0.15) is 5.75 Å². The van der Waals surface area contributed by atoms with Crippen LogP contribution in [0.4, 0.5) is 11.4 Å². The van der Waals surface area contributed by atoms with E-state index in [2.05, 4.69) is 10.3 Å². The van der Waals surface area contributed by atoms with Gasteiger partial charge in [0.05, 0.1) is 35.5 Å². The Morgan fingerprint density at radius 1 is 1.22 bits per heavy atom. The summed E-state index contributed by atoms with van der Waals surface area (Å²) < 4.78 is 35.1. The van der Waals surface area contributed by atoms with Gasteiger partial charge in [-0.1, -0.05) is 18.2 Å². The molecular weight excluding hydrogens is 448 g/mol. The minimum absolute atomic E-state index is 0.0552. The first-order valence-electron chi connectivity index (χ1n) is 9.89. The molecule has 0 saturated heterocycles. The van der Waals surface area contributed by atoms with E-state index >= 15 is 0 Å². The molecule has 0 saturated carbocycles. The van der Waals surface area contributed by atoms with Crippen molar-refractivity contribution in [2.24, 2.45) is 0 Å². The van der Waals surface area contributed by atoms with Crippen LogP contribution in [0.1, 0.15) is 12.6 Å². The van der Waals surface area contributed by atoms with E-state index in [-0.39, 0.29) is 29.5 Å². The fraction of sp³-hybridized carbons (Fsp3) is 0.182. The molecule has 1 amide bonds. The third kappa shape index (κ3) is 4.32. The number of sulfonamides is 1. The number of methoxy groups -OCH3 is 1. The van der Waals surface area contributed by atoms with E-state index in [1.165, 1.54) is 41.0 Å². The molecule has 0 radical (unpaired) electrons. The molecule has 0 atom stereocenters. The van der Waals surface area contributed by atoms with Crippen molar-refractivity contribution in [3.63, 3.8) is 0 Å². The van der Waals surface area contributed by atoms with Crippen molar-refractivity contribution < 1.29 is 17.9 Å². The number of aromatic nitrogens is 2. The largest absolute Gasteiger partial charge is 0.495 e. The van der Waals surface area contributed by atoms with Crippen LogP contribution in [-0.2, 0) is 21.2 Å². The number of hydrogen-bond acceptors (Lipinski definition) is 6. The molecule has 4 aromatic rings. The zero-order chi connectivity index (χ0) is 22.7. The molecule has 0 aliphatic heterocycles. The predicted molar refractivity (Wildman–Crippen MR) is 125 cm³/mol. The van der Waals surface area contributed by atoms with Crippen LogP contribution in [0.2, 0.25) is 0 Å². The highest BCUT2D eigenvalue weighted by molar-refractivity contribution is 7.92. The van der Waals surface area contributed by atoms with Gasteiger partial charge in [0.25, 0.3) is 10.0 Å². The molecule has 0 aliphatic rings. The van der Waals surface area contributed by atoms with Crippen LogP contribution < -0.4 is 14.4 Å². The van der Waals surface area contributed by atoms with E-state index in [4.69, 9.17) is 4.74 Å². The smallest absolute Gasteiger partial charge is 0.264 e. The molecule has 2 heterocycles. The summed E-state index contributed by atoms with van der Waals surface area (Å²) in [7, 11) is -2.38. The Bertz CT molecular complexity index is 1320. The molecule has 166 valence electrons. The lowest BCUT2D eigenvalue weighted by molar-refractivity contribution is -0.115. The van der Waals surface area contributed by atoms with Crippen LogP contribution >= 0.6 is 11.3 Å². The number of thiazole rings is 1. The van der Waals surface area contributed by atoms with Crippen molar-refractivity contribution in [2.75, 3.05) is 23.3 Å². The maximum absolute atomic E-state index is 13.3. The van der Waals surface area contributed by atoms with Gasteiger partial charge in [-0.15, -0.1) is 11.3 Å². The fourth-order valence-corrected chi connectivity index (χ4v) is 5.60. The first-order chi connectivity index (χ1) is 15.4. The summed E-state index contributed by atoms with van der Waals surface area (Å²) >= 11 is 1.48. The summed E-state index contributed by atoms with van der Waals surface area (Å²) in [6.07, 6.45) is 3.72. The molecule has 0 bridgehead atoms. The Kier molecular flexibility index (Phi) is 6.15. The lowest BCUT2D eigenvalue weighted by atomic mass is 10.2. The van der Waals surface area contributed by atoms with Crippen molar-refractivity contribution in [3.8, 4) is 5.75 Å². The number of nitrogens with zero attached hydrogens (tertiary/aromatic N) is 3. The number of rotatable bonds is 8. The maximum atomic E-state index is 13.3. The highest BCUT2D eigenvalue weighted by Crippen LogP contribution is 2.31. The Morgan fingerprint density at radius 3 is 2.69 bits per heavy atom. The normalized spacial score (nSPS) is 11.4. The number of imidazole rings is 1. The Balaban J connectivity index is 1.60. The molecule has 0 fully saturated rings. The number of anilines is 2. The van der Waals surface area contributed by atoms with Crippen molar-refractivity contribution in [1.82, 2.24) is 9.38 Å². The molecule has 1 N–H and O–H groups in total. The second-order valence-electron chi connectivity index (χ2n) is 6.92. The Labute approximate surface area is 190 Å². The number of amides is 1. The van der Waals surface area contributed by atoms with E-state index in [0.717, 1.165) is 4.96 Å². The van der Waals surface area contributed by atoms with Gasteiger partial charge in [-0.3, -0.25) is 13.5 Å². The SMILES string of the molecule is CCN(c1ccccc1)S(=O)(=O)c1ccc(OC)c(NC(=O)Cc2cn3ccsc3n2)c1. The zero-order valence-corrected chi connectivity index (χ0v) is 19.2. The van der Waals surface area contributed by atoms with Crippen LogP contribution in [0.3, 0.4) is 0 Å². The van der Waals surface area contributed by atoms with Crippen molar-refractivity contribution in [3.05, 3.63) is 72.0 Å². The number of fused-ring (bicyclic) bond motifs is 1. The van der Waals surface area contributed by atoms with Crippen LogP contribution in [0.25, 0.3) is 4.96 Å². The summed E-state index contributed by atoms with van der Waals surface area (Å²) in [5.74, 6) is 0.0462. The van der Waals surface area contributed by atoms with Gasteiger partial charge in [-0.25, -0.2) is 13.4 Å². The summed E-state index contributed by atoms with van der Waals surface area (Å²) in [6, 6.07) is 13.3. The van der Waals surface area contributed by atoms with Gasteiger partial charge in [0.15, 0.2) is 4.96 Å². The summed E-state index contributed by atoms with van der Waals surface area (Å²) in [5, 5.41) is 4.68. The monoisotopic (exact) mass is 470 g/mol. The lowest BCUT2D eigenvalue weighted by Gasteiger charge is -2.23. The van der Waals surface area contributed by atoms with E-state index in [9.17, 15) is 13.2 Å². The molecule has 0 unspecified atom stereocenters. The number of para-hydroxylation sites is 1. The quantitative estimate of drug-likeness (QED) is 0.423. The van der Waals surface area contributed by atoms with Gasteiger partial charge in [0.2, 0.25) is 5.91 Å². The van der Waals surface area contributed by atoms with Crippen LogP contribution in [-0.4, -0.2) is 37.4 Å². The van der Waals surface area contributed by atoms with Gasteiger partial charge in [-0.2, -0.15) is 0 Å². The van der Waals surface area contributed by atoms with Crippen molar-refractivity contribution in [1.29, 1.82) is 0 Å². The standard InChI is InChI=1S/C22H22N4O4S2/c1-3-26(17-7-5-4-6-8-17)32(28,29)18-9-10-20(30-2)19(14-18)24-21(27)13-16-15-25-11-12-31-22(25)23-16/h4-12,14-15H,3,13H2,1-2H3,(H,24,27). The van der Waals surface area contributed by atoms with Gasteiger partial charge < -0.3 is 10.1 Å². The summed E-state index contributed by atoms with van der Waals surface area (Å²) in [5.41, 5.74) is 1.47. The molecule has 2 aromatic heterocycles. The summed E-state index contributed by atoms with van der Waals surface area (Å²) in [6.45, 7) is 2.03. The minimum Gasteiger partial charge on any atom is -0.495 e. The van der Waals surface area contributed by atoms with Gasteiger partial charge in [-0.05, 0) is 37.3 Å². The number of nitrogens with one attached hydrogen (secondary N) is 1. The molecule has 4 rings (SSSR count). The minimum atomic E-state index is -3.84. The van der Waals surface area contributed by atoms with Crippen LogP contribution in [0.5, 0.6) is 5.75 Å². The fourth-order valence-electron chi connectivity index (χ4n) is 3.38. The average Bonchev–Trinajstić information content (AvgIpc) is 3.36. The molecule has 8 nitrogen and oxygen atoms in total. The highest BCUT2D eigenvalue weighted by atomic mass is 32.2. The molecular formula is C22H22N4O4S2. The Hall–Kier alpha value is -3.37. The van der Waals surface area contributed by atoms with E-state index in [1.54, 1.807) is 37.4 Å². The molecule has 0 aliphatic carbocycles. The van der Waals surface area contributed by atoms with Crippen LogP contribution in [0, 0.1) is 0 Å². The molecule has 0 spiro atoms. The molecule has 2 aromatic carbocycles. The Morgan fingerprint density at radius 2 is 2.00 bits per heavy atom. The highest BCUT2D eigenvalue weighted by Gasteiger charge is 2.25. The topological polar surface area (TPSA) is 93.0 Å². The summed E-state index contributed by atoms with van der Waals surface area (Å²) in [4.78, 5) is 17.9. The van der Waals surface area contributed by atoms with Gasteiger partial charge in [0, 0.05) is 24.3 Å². The van der Waals surface area contributed by atoms with E-state index < -0.39 is 10.0 Å². The number of hydrogen-bond donors (Lipinski definition) is 1. The second kappa shape index (κ2) is 9.01. The number of carbonyl (C=O) groups is 1. The number of benzene rings is 2. The average molecular weight is 471 g/mol. The van der Waals surface area contributed by atoms with Gasteiger partial charge >= 0.3 is 0 Å². The van der Waals surface area contributed by atoms with Crippen molar-refractivity contribution in [2.45, 2.75) is 18.2 Å². The third-order valence-corrected chi connectivity index (χ3v) is 7.52. The first kappa shape index (κ1) is 21.8. The van der Waals surface area contributed by atoms with Crippen molar-refractivity contribution >= 4 is 43.6 Å². The van der Waals surface area contributed by atoms with E-state index in [0.29, 0.717) is 17.1 Å². The first-order valence-corrected chi connectivity index (χ1v) is 12.2. The molecule has 10 heteroatoms.